The van der Waals surface area contributed by atoms with Crippen LogP contribution in [0.2, 0.25) is 0 Å². The van der Waals surface area contributed by atoms with Crippen molar-refractivity contribution in [1.82, 2.24) is 14.8 Å². The smallest absolute Gasteiger partial charge is 0.126 e. The third-order valence-electron chi connectivity index (χ3n) is 3.41. The van der Waals surface area contributed by atoms with Crippen LogP contribution >= 0.6 is 0 Å². The van der Waals surface area contributed by atoms with Crippen LogP contribution < -0.4 is 5.32 Å². The highest BCUT2D eigenvalue weighted by atomic mass is 15.3. The number of nitrogens with zero attached hydrogens (tertiary/aromatic N) is 3. The fraction of sp³-hybridized carbons (Fsp3) is 0.643. The number of aryl methyl sites for hydroxylation is 1. The van der Waals surface area contributed by atoms with Crippen LogP contribution in [-0.4, -0.2) is 60.6 Å². The van der Waals surface area contributed by atoms with E-state index in [2.05, 4.69) is 34.1 Å². The van der Waals surface area contributed by atoms with Crippen molar-refractivity contribution in [1.29, 1.82) is 0 Å². The normalized spacial score (nSPS) is 19.7. The lowest BCUT2D eigenvalue weighted by molar-refractivity contribution is 0.151. The molecule has 4 heteroatoms. The summed E-state index contributed by atoms with van der Waals surface area (Å²) in [6.45, 7) is 10.0. The molecule has 1 atom stereocenters. The van der Waals surface area contributed by atoms with Crippen LogP contribution in [0.4, 0.5) is 5.82 Å². The van der Waals surface area contributed by atoms with Crippen LogP contribution in [0, 0.1) is 6.92 Å². The fourth-order valence-corrected chi connectivity index (χ4v) is 2.34. The lowest BCUT2D eigenvalue weighted by atomic mass is 10.2. The summed E-state index contributed by atoms with van der Waals surface area (Å²) in [7, 11) is 2.19. The second-order valence-electron chi connectivity index (χ2n) is 5.31. The number of aromatic nitrogens is 1. The fourth-order valence-electron chi connectivity index (χ4n) is 2.34. The summed E-state index contributed by atoms with van der Waals surface area (Å²) in [6, 6.07) is 6.54. The molecule has 0 radical (unpaired) electrons. The molecule has 0 bridgehead atoms. The van der Waals surface area contributed by atoms with Crippen LogP contribution in [0.3, 0.4) is 0 Å². The largest absolute Gasteiger partial charge is 0.366 e. The molecule has 4 nitrogen and oxygen atoms in total. The summed E-state index contributed by atoms with van der Waals surface area (Å²) in [4.78, 5) is 9.39. The van der Waals surface area contributed by atoms with Gasteiger partial charge in [0.05, 0.1) is 0 Å². The minimum Gasteiger partial charge on any atom is -0.366 e. The minimum atomic E-state index is 0.433. The van der Waals surface area contributed by atoms with Crippen molar-refractivity contribution in [2.24, 2.45) is 0 Å². The maximum absolute atomic E-state index is 4.48. The van der Waals surface area contributed by atoms with E-state index in [9.17, 15) is 0 Å². The number of rotatable bonds is 4. The van der Waals surface area contributed by atoms with Gasteiger partial charge in [0.1, 0.15) is 5.82 Å². The Bertz CT molecular complexity index is 372. The molecule has 100 valence electrons. The van der Waals surface area contributed by atoms with Gasteiger partial charge in [-0.25, -0.2) is 4.98 Å². The van der Waals surface area contributed by atoms with Gasteiger partial charge in [0.15, 0.2) is 0 Å². The van der Waals surface area contributed by atoms with Crippen molar-refractivity contribution < 1.29 is 0 Å². The molecule has 0 saturated carbocycles. The van der Waals surface area contributed by atoms with Gasteiger partial charge in [0.2, 0.25) is 0 Å². The van der Waals surface area contributed by atoms with Crippen molar-refractivity contribution >= 4 is 5.82 Å². The predicted molar refractivity (Wildman–Crippen MR) is 76.0 cm³/mol. The molecule has 0 aliphatic carbocycles. The predicted octanol–water partition coefficient (Wildman–Crippen LogP) is 1.44. The minimum absolute atomic E-state index is 0.433. The zero-order chi connectivity index (χ0) is 13.0. The number of pyridine rings is 1. The first-order valence-corrected chi connectivity index (χ1v) is 6.74. The SMILES string of the molecule is Cc1cccc(NC(C)CN2CCN(C)CC2)n1. The van der Waals surface area contributed by atoms with E-state index in [0.717, 1.165) is 18.1 Å². The maximum atomic E-state index is 4.48. The average molecular weight is 248 g/mol. The maximum Gasteiger partial charge on any atom is 0.126 e. The first-order valence-electron chi connectivity index (χ1n) is 6.74. The van der Waals surface area contributed by atoms with E-state index in [1.165, 1.54) is 26.2 Å². The molecule has 0 spiro atoms. The van der Waals surface area contributed by atoms with Crippen LogP contribution in [0.25, 0.3) is 0 Å². The van der Waals surface area contributed by atoms with Crippen molar-refractivity contribution in [2.75, 3.05) is 45.1 Å². The summed E-state index contributed by atoms with van der Waals surface area (Å²) in [5.74, 6) is 0.983. The highest BCUT2D eigenvalue weighted by Crippen LogP contribution is 2.07. The lowest BCUT2D eigenvalue weighted by Gasteiger charge is -2.34. The molecule has 1 aliphatic rings. The first-order chi connectivity index (χ1) is 8.63. The van der Waals surface area contributed by atoms with Gasteiger partial charge in [0, 0.05) is 44.5 Å². The Hall–Kier alpha value is -1.13. The second-order valence-corrected chi connectivity index (χ2v) is 5.31. The van der Waals surface area contributed by atoms with E-state index in [4.69, 9.17) is 0 Å². The highest BCUT2D eigenvalue weighted by Gasteiger charge is 2.15. The van der Waals surface area contributed by atoms with Gasteiger partial charge in [-0.2, -0.15) is 0 Å². The molecule has 1 saturated heterocycles. The quantitative estimate of drug-likeness (QED) is 0.873. The second kappa shape index (κ2) is 6.16. The van der Waals surface area contributed by atoms with Crippen molar-refractivity contribution in [2.45, 2.75) is 19.9 Å². The Morgan fingerprint density at radius 3 is 2.67 bits per heavy atom. The summed E-state index contributed by atoms with van der Waals surface area (Å²) in [6.07, 6.45) is 0. The number of hydrogen-bond acceptors (Lipinski definition) is 4. The van der Waals surface area contributed by atoms with Gasteiger partial charge >= 0.3 is 0 Å². The Morgan fingerprint density at radius 2 is 2.00 bits per heavy atom. The van der Waals surface area contributed by atoms with E-state index < -0.39 is 0 Å². The summed E-state index contributed by atoms with van der Waals surface area (Å²) < 4.78 is 0. The van der Waals surface area contributed by atoms with Gasteiger partial charge in [-0.3, -0.25) is 4.90 Å². The van der Waals surface area contributed by atoms with Gasteiger partial charge in [-0.1, -0.05) is 6.07 Å². The van der Waals surface area contributed by atoms with Crippen molar-refractivity contribution in [3.63, 3.8) is 0 Å². The van der Waals surface area contributed by atoms with Crippen LogP contribution in [0.15, 0.2) is 18.2 Å². The number of likely N-dealkylation sites (N-methyl/N-ethyl adjacent to an activating group) is 1. The highest BCUT2D eigenvalue weighted by molar-refractivity contribution is 5.36. The standard InChI is InChI=1S/C14H24N4/c1-12-5-4-6-14(15-12)16-13(2)11-18-9-7-17(3)8-10-18/h4-6,13H,7-11H2,1-3H3,(H,15,16). The molecule has 0 aromatic carbocycles. The Morgan fingerprint density at radius 1 is 1.28 bits per heavy atom. The van der Waals surface area contributed by atoms with Gasteiger partial charge in [0.25, 0.3) is 0 Å². The molecule has 18 heavy (non-hydrogen) atoms. The molecule has 2 rings (SSSR count). The number of nitrogens with one attached hydrogen (secondary N) is 1. The van der Waals surface area contributed by atoms with E-state index in [1.807, 2.05) is 25.1 Å². The van der Waals surface area contributed by atoms with Crippen molar-refractivity contribution in [3.05, 3.63) is 23.9 Å². The first kappa shape index (κ1) is 13.3. The molecule has 1 aromatic heterocycles. The Labute approximate surface area is 110 Å². The van der Waals surface area contributed by atoms with Crippen LogP contribution in [0.1, 0.15) is 12.6 Å². The molecule has 1 aromatic rings. The van der Waals surface area contributed by atoms with E-state index >= 15 is 0 Å². The summed E-state index contributed by atoms with van der Waals surface area (Å²) in [5.41, 5.74) is 1.06. The number of hydrogen-bond donors (Lipinski definition) is 1. The Kier molecular flexibility index (Phi) is 4.55. The molecule has 1 aliphatic heterocycles. The molecular formula is C14H24N4. The van der Waals surface area contributed by atoms with E-state index in [0.29, 0.717) is 6.04 Å². The van der Waals surface area contributed by atoms with Crippen LogP contribution in [0.5, 0.6) is 0 Å². The summed E-state index contributed by atoms with van der Waals surface area (Å²) >= 11 is 0. The lowest BCUT2D eigenvalue weighted by Crippen LogP contribution is -2.47. The Balaban J connectivity index is 1.80. The molecule has 1 unspecified atom stereocenters. The van der Waals surface area contributed by atoms with E-state index in [-0.39, 0.29) is 0 Å². The monoisotopic (exact) mass is 248 g/mol. The zero-order valence-electron chi connectivity index (χ0n) is 11.7. The average Bonchev–Trinajstić information content (AvgIpc) is 2.32. The number of piperazine rings is 1. The van der Waals surface area contributed by atoms with Crippen LogP contribution in [-0.2, 0) is 0 Å². The topological polar surface area (TPSA) is 31.4 Å². The molecule has 1 N–H and O–H groups in total. The zero-order valence-corrected chi connectivity index (χ0v) is 11.7. The van der Waals surface area contributed by atoms with E-state index in [1.54, 1.807) is 0 Å². The van der Waals surface area contributed by atoms with Gasteiger partial charge < -0.3 is 10.2 Å². The van der Waals surface area contributed by atoms with Gasteiger partial charge in [-0.15, -0.1) is 0 Å². The molecular weight excluding hydrogens is 224 g/mol. The molecule has 0 amide bonds. The van der Waals surface area contributed by atoms with Gasteiger partial charge in [-0.05, 0) is 33.0 Å². The third-order valence-corrected chi connectivity index (χ3v) is 3.41. The van der Waals surface area contributed by atoms with Crippen molar-refractivity contribution in [3.8, 4) is 0 Å². The third kappa shape index (κ3) is 3.96. The molecule has 1 fully saturated rings. The summed E-state index contributed by atoms with van der Waals surface area (Å²) in [5, 5.41) is 3.47. The number of anilines is 1. The molecule has 2 heterocycles.